The molecular weight excluding hydrogens is 322 g/mol. The van der Waals surface area contributed by atoms with Gasteiger partial charge in [-0.15, -0.1) is 13.2 Å². The lowest BCUT2D eigenvalue weighted by atomic mass is 9.59. The van der Waals surface area contributed by atoms with Crippen LogP contribution in [0.25, 0.3) is 0 Å². The van der Waals surface area contributed by atoms with Crippen molar-refractivity contribution >= 4 is 0 Å². The van der Waals surface area contributed by atoms with E-state index in [1.807, 2.05) is 33.9 Å². The molecule has 148 valence electrons. The molecule has 0 bridgehead atoms. The molecule has 2 unspecified atom stereocenters. The first-order valence-corrected chi connectivity index (χ1v) is 9.77. The second kappa shape index (κ2) is 11.8. The van der Waals surface area contributed by atoms with Gasteiger partial charge in [0, 0.05) is 11.0 Å². The topological polar surface area (TPSA) is 52.5 Å². The van der Waals surface area contributed by atoms with E-state index in [9.17, 15) is 10.2 Å². The normalized spacial score (nSPS) is 21.4. The van der Waals surface area contributed by atoms with E-state index in [0.717, 1.165) is 36.9 Å². The van der Waals surface area contributed by atoms with Gasteiger partial charge in [-0.2, -0.15) is 0 Å². The Kier molecular flexibility index (Phi) is 11.0. The minimum Gasteiger partial charge on any atom is -0.504 e. The zero-order valence-corrected chi connectivity index (χ0v) is 17.6. The first-order valence-electron chi connectivity index (χ1n) is 9.77. The highest BCUT2D eigenvalue weighted by atomic mass is 16.3. The van der Waals surface area contributed by atoms with E-state index in [0.29, 0.717) is 11.8 Å². The van der Waals surface area contributed by atoms with E-state index in [-0.39, 0.29) is 16.9 Å². The Balaban J connectivity index is 0.00000146. The summed E-state index contributed by atoms with van der Waals surface area (Å²) in [6.07, 6.45) is 7.55. The summed E-state index contributed by atoms with van der Waals surface area (Å²) in [6, 6.07) is 3.50. The molecule has 3 nitrogen and oxygen atoms in total. The SMILES string of the molecule is C=C.CC.CNCCC1(c2c(C)ccc(O)c2O)CCC=CC1C(C)C. The van der Waals surface area contributed by atoms with Crippen molar-refractivity contribution in [3.63, 3.8) is 0 Å². The Morgan fingerprint density at radius 3 is 2.38 bits per heavy atom. The smallest absolute Gasteiger partial charge is 0.161 e. The quantitative estimate of drug-likeness (QED) is 0.465. The first-order chi connectivity index (χ1) is 12.4. The van der Waals surface area contributed by atoms with Crippen LogP contribution in [0.2, 0.25) is 0 Å². The summed E-state index contributed by atoms with van der Waals surface area (Å²) in [5.74, 6) is 0.897. The van der Waals surface area contributed by atoms with Crippen molar-refractivity contribution in [3.05, 3.63) is 48.6 Å². The maximum Gasteiger partial charge on any atom is 0.161 e. The second-order valence-corrected chi connectivity index (χ2v) is 6.87. The first kappa shape index (κ1) is 24.3. The predicted molar refractivity (Wildman–Crippen MR) is 114 cm³/mol. The number of hydrogen-bond acceptors (Lipinski definition) is 3. The second-order valence-electron chi connectivity index (χ2n) is 6.87. The largest absolute Gasteiger partial charge is 0.504 e. The van der Waals surface area contributed by atoms with Crippen LogP contribution in [0.5, 0.6) is 11.5 Å². The molecule has 3 heteroatoms. The Bertz CT molecular complexity index is 566. The molecule has 1 aliphatic carbocycles. The molecular formula is C23H39NO2. The summed E-state index contributed by atoms with van der Waals surface area (Å²) in [5.41, 5.74) is 1.87. The van der Waals surface area contributed by atoms with Crippen LogP contribution in [-0.2, 0) is 5.41 Å². The van der Waals surface area contributed by atoms with Crippen molar-refractivity contribution in [3.8, 4) is 11.5 Å². The Morgan fingerprint density at radius 2 is 1.85 bits per heavy atom. The standard InChI is InChI=1S/C19H29NO2.C2H6.C2H4/c1-13(2)15-7-5-6-10-19(15,11-12-20-4)17-14(3)8-9-16(21)18(17)22;2*1-2/h5,7-9,13,15,20-22H,6,10-12H2,1-4H3;1-2H3;1-2H2. The molecule has 0 aliphatic heterocycles. The van der Waals surface area contributed by atoms with E-state index in [1.165, 1.54) is 0 Å². The molecule has 0 fully saturated rings. The van der Waals surface area contributed by atoms with E-state index in [2.05, 4.69) is 44.5 Å². The zero-order valence-electron chi connectivity index (χ0n) is 17.6. The van der Waals surface area contributed by atoms with E-state index in [1.54, 1.807) is 6.07 Å². The minimum atomic E-state index is -0.126. The number of aryl methyl sites for hydroxylation is 1. The van der Waals surface area contributed by atoms with E-state index in [4.69, 9.17) is 0 Å². The molecule has 0 saturated heterocycles. The molecule has 3 N–H and O–H groups in total. The third-order valence-electron chi connectivity index (χ3n) is 5.14. The highest BCUT2D eigenvalue weighted by Gasteiger charge is 2.44. The van der Waals surface area contributed by atoms with Crippen molar-refractivity contribution in [2.24, 2.45) is 11.8 Å². The summed E-state index contributed by atoms with van der Waals surface area (Å²) < 4.78 is 0. The van der Waals surface area contributed by atoms with E-state index >= 15 is 0 Å². The summed E-state index contributed by atoms with van der Waals surface area (Å²) in [7, 11) is 1.96. The summed E-state index contributed by atoms with van der Waals surface area (Å²) in [6.45, 7) is 17.4. The molecule has 0 aromatic heterocycles. The molecule has 0 amide bonds. The average Bonchev–Trinajstić information content (AvgIpc) is 2.67. The van der Waals surface area contributed by atoms with Crippen molar-refractivity contribution in [1.82, 2.24) is 5.32 Å². The summed E-state index contributed by atoms with van der Waals surface area (Å²) in [4.78, 5) is 0. The fourth-order valence-corrected chi connectivity index (χ4v) is 4.16. The maximum absolute atomic E-state index is 10.6. The van der Waals surface area contributed by atoms with Crippen LogP contribution in [0.3, 0.4) is 0 Å². The van der Waals surface area contributed by atoms with Gasteiger partial charge in [0.15, 0.2) is 11.5 Å². The van der Waals surface area contributed by atoms with Crippen molar-refractivity contribution in [2.75, 3.05) is 13.6 Å². The van der Waals surface area contributed by atoms with Crippen molar-refractivity contribution < 1.29 is 10.2 Å². The fraction of sp³-hybridized carbons (Fsp3) is 0.565. The van der Waals surface area contributed by atoms with Crippen molar-refractivity contribution in [1.29, 1.82) is 0 Å². The van der Waals surface area contributed by atoms with Gasteiger partial charge < -0.3 is 15.5 Å². The van der Waals surface area contributed by atoms with Crippen LogP contribution in [0.1, 0.15) is 58.1 Å². The van der Waals surface area contributed by atoms with Gasteiger partial charge in [0.25, 0.3) is 0 Å². The van der Waals surface area contributed by atoms with Gasteiger partial charge in [0.2, 0.25) is 0 Å². The van der Waals surface area contributed by atoms with Gasteiger partial charge in [-0.05, 0) is 63.2 Å². The zero-order chi connectivity index (χ0) is 20.3. The number of phenols is 2. The maximum atomic E-state index is 10.6. The molecule has 0 spiro atoms. The highest BCUT2D eigenvalue weighted by Crippen LogP contribution is 2.52. The van der Waals surface area contributed by atoms with Gasteiger partial charge in [-0.25, -0.2) is 0 Å². The summed E-state index contributed by atoms with van der Waals surface area (Å²) in [5, 5.41) is 23.9. The van der Waals surface area contributed by atoms with Crippen LogP contribution in [-0.4, -0.2) is 23.8 Å². The van der Waals surface area contributed by atoms with E-state index < -0.39 is 0 Å². The van der Waals surface area contributed by atoms with Crippen LogP contribution >= 0.6 is 0 Å². The van der Waals surface area contributed by atoms with Crippen LogP contribution in [0.15, 0.2) is 37.4 Å². The van der Waals surface area contributed by atoms with Gasteiger partial charge in [-0.1, -0.05) is 45.9 Å². The number of hydrogen-bond donors (Lipinski definition) is 3. The average molecular weight is 362 g/mol. The Hall–Kier alpha value is -1.74. The molecule has 0 radical (unpaired) electrons. The van der Waals surface area contributed by atoms with Gasteiger partial charge in [0.1, 0.15) is 0 Å². The molecule has 1 aromatic rings. The Morgan fingerprint density at radius 1 is 1.23 bits per heavy atom. The lowest BCUT2D eigenvalue weighted by Gasteiger charge is -2.45. The number of nitrogens with one attached hydrogen (secondary N) is 1. The van der Waals surface area contributed by atoms with Crippen LogP contribution in [0.4, 0.5) is 0 Å². The molecule has 0 heterocycles. The third kappa shape index (κ3) is 5.14. The third-order valence-corrected chi connectivity index (χ3v) is 5.14. The molecule has 26 heavy (non-hydrogen) atoms. The number of aromatic hydroxyl groups is 2. The molecule has 2 rings (SSSR count). The monoisotopic (exact) mass is 361 g/mol. The Labute approximate surface area is 160 Å². The predicted octanol–water partition coefficient (Wildman–Crippen LogP) is 5.70. The minimum absolute atomic E-state index is 0.0125. The van der Waals surface area contributed by atoms with Crippen molar-refractivity contribution in [2.45, 2.75) is 59.3 Å². The summed E-state index contributed by atoms with van der Waals surface area (Å²) >= 11 is 0. The number of phenolic OH excluding ortho intramolecular Hbond substituents is 2. The lowest BCUT2D eigenvalue weighted by Crippen LogP contribution is -2.41. The molecule has 0 saturated carbocycles. The fourth-order valence-electron chi connectivity index (χ4n) is 4.16. The molecule has 2 atom stereocenters. The van der Waals surface area contributed by atoms with Crippen LogP contribution in [0, 0.1) is 18.8 Å². The lowest BCUT2D eigenvalue weighted by molar-refractivity contribution is 0.202. The highest BCUT2D eigenvalue weighted by molar-refractivity contribution is 5.53. The molecule has 1 aliphatic rings. The van der Waals surface area contributed by atoms with Gasteiger partial charge >= 0.3 is 0 Å². The van der Waals surface area contributed by atoms with Gasteiger partial charge in [-0.3, -0.25) is 0 Å². The van der Waals surface area contributed by atoms with Crippen LogP contribution < -0.4 is 5.32 Å². The molecule has 1 aromatic carbocycles. The van der Waals surface area contributed by atoms with Gasteiger partial charge in [0.05, 0.1) is 0 Å². The number of benzene rings is 1. The number of allylic oxidation sites excluding steroid dienone is 2. The number of rotatable bonds is 5.